The van der Waals surface area contributed by atoms with E-state index in [1.54, 1.807) is 13.0 Å². The summed E-state index contributed by atoms with van der Waals surface area (Å²) in [6, 6.07) is 5.01. The number of hydrogen-bond acceptors (Lipinski definition) is 6. The fraction of sp³-hybridized carbons (Fsp3) is 0.583. The predicted molar refractivity (Wildman–Crippen MR) is 122 cm³/mol. The molecular formula is C24H31FN6O2. The molecule has 5 rings (SSSR count). The first kappa shape index (κ1) is 22.0. The summed E-state index contributed by atoms with van der Waals surface area (Å²) in [6.45, 7) is 10.5. The van der Waals surface area contributed by atoms with Crippen LogP contribution in [-0.2, 0) is 11.2 Å². The van der Waals surface area contributed by atoms with Gasteiger partial charge in [-0.3, -0.25) is 4.79 Å². The number of halogens is 1. The van der Waals surface area contributed by atoms with Gasteiger partial charge in [-0.05, 0) is 48.4 Å². The van der Waals surface area contributed by atoms with E-state index in [0.29, 0.717) is 29.7 Å². The Balaban J connectivity index is 1.25. The molecule has 0 N–H and O–H groups in total. The fourth-order valence-electron chi connectivity index (χ4n) is 5.26. The van der Waals surface area contributed by atoms with Crippen LogP contribution in [0.2, 0.25) is 0 Å². The van der Waals surface area contributed by atoms with E-state index in [-0.39, 0.29) is 23.6 Å². The van der Waals surface area contributed by atoms with Gasteiger partial charge in [-0.1, -0.05) is 26.0 Å². The summed E-state index contributed by atoms with van der Waals surface area (Å²) in [7, 11) is 0. The van der Waals surface area contributed by atoms with Crippen molar-refractivity contribution in [2.24, 2.45) is 11.8 Å². The Bertz CT molecular complexity index is 1160. The van der Waals surface area contributed by atoms with E-state index in [1.807, 2.05) is 24.8 Å². The summed E-state index contributed by atoms with van der Waals surface area (Å²) in [5.74, 6) is 1.81. The molecular weight excluding hydrogens is 423 g/mol. The van der Waals surface area contributed by atoms with Crippen molar-refractivity contribution in [3.8, 4) is 5.95 Å². The number of carbonyl (C=O) groups excluding carboxylic acids is 1. The molecule has 0 aliphatic carbocycles. The number of para-hydroxylation sites is 1. The summed E-state index contributed by atoms with van der Waals surface area (Å²) in [5, 5.41) is 9.50. The van der Waals surface area contributed by atoms with E-state index in [9.17, 15) is 9.18 Å². The molecule has 8 nitrogen and oxygen atoms in total. The van der Waals surface area contributed by atoms with Gasteiger partial charge in [0.2, 0.25) is 11.8 Å². The highest BCUT2D eigenvalue weighted by Crippen LogP contribution is 2.29. The molecule has 2 saturated heterocycles. The Morgan fingerprint density at radius 1 is 1.21 bits per heavy atom. The Kier molecular flexibility index (Phi) is 5.90. The second-order valence-corrected chi connectivity index (χ2v) is 9.81. The fourth-order valence-corrected chi connectivity index (χ4v) is 5.26. The van der Waals surface area contributed by atoms with Gasteiger partial charge in [-0.2, -0.15) is 14.8 Å². The van der Waals surface area contributed by atoms with Crippen LogP contribution >= 0.6 is 0 Å². The summed E-state index contributed by atoms with van der Waals surface area (Å²) >= 11 is 0. The molecule has 2 fully saturated rings. The van der Waals surface area contributed by atoms with E-state index in [0.717, 1.165) is 56.6 Å². The summed E-state index contributed by atoms with van der Waals surface area (Å²) in [6.07, 6.45) is 2.87. The standard InChI is InChI=1S/C24H31FN6O2/c1-15(2)22-19-5-4-6-20(25)23(19)31(27-22)24-26-21(33-28-24)11-17-7-9-29(12-17)13-18-8-10-30(14-18)16(3)32/h4-6,15,17-18H,7-14H2,1-3H3/t17-,18-/m0/s1. The van der Waals surface area contributed by atoms with Gasteiger partial charge in [0, 0.05) is 44.9 Å². The molecule has 0 radical (unpaired) electrons. The van der Waals surface area contributed by atoms with Crippen LogP contribution in [0.3, 0.4) is 0 Å². The van der Waals surface area contributed by atoms with Gasteiger partial charge >= 0.3 is 0 Å². The lowest BCUT2D eigenvalue weighted by atomic mass is 10.1. The number of hydrogen-bond donors (Lipinski definition) is 0. The first-order chi connectivity index (χ1) is 15.9. The number of amides is 1. The van der Waals surface area contributed by atoms with Crippen LogP contribution in [0.4, 0.5) is 4.39 Å². The number of nitrogens with zero attached hydrogens (tertiary/aromatic N) is 6. The zero-order valence-electron chi connectivity index (χ0n) is 19.5. The van der Waals surface area contributed by atoms with Crippen LogP contribution in [0.15, 0.2) is 22.7 Å². The molecule has 1 aromatic carbocycles. The van der Waals surface area contributed by atoms with Gasteiger partial charge in [-0.25, -0.2) is 4.39 Å². The van der Waals surface area contributed by atoms with Crippen molar-refractivity contribution in [3.63, 3.8) is 0 Å². The minimum Gasteiger partial charge on any atom is -0.343 e. The van der Waals surface area contributed by atoms with Gasteiger partial charge in [0.25, 0.3) is 5.95 Å². The van der Waals surface area contributed by atoms with Gasteiger partial charge in [0.1, 0.15) is 11.3 Å². The SMILES string of the molecule is CC(=O)N1CC[C@@H](CN2CC[C@@H](Cc3nc(-n4nc(C(C)C)c5cccc(F)c54)no3)C2)C1. The third-order valence-electron chi connectivity index (χ3n) is 6.96. The summed E-state index contributed by atoms with van der Waals surface area (Å²) in [4.78, 5) is 20.6. The molecule has 2 aliphatic rings. The largest absolute Gasteiger partial charge is 0.343 e. The van der Waals surface area contributed by atoms with Crippen molar-refractivity contribution < 1.29 is 13.7 Å². The zero-order valence-corrected chi connectivity index (χ0v) is 19.5. The minimum atomic E-state index is -0.347. The zero-order chi connectivity index (χ0) is 23.1. The van der Waals surface area contributed by atoms with Crippen molar-refractivity contribution in [1.82, 2.24) is 29.7 Å². The van der Waals surface area contributed by atoms with E-state index < -0.39 is 0 Å². The molecule has 4 heterocycles. The molecule has 9 heteroatoms. The van der Waals surface area contributed by atoms with Crippen LogP contribution in [-0.4, -0.2) is 68.4 Å². The topological polar surface area (TPSA) is 80.3 Å². The Morgan fingerprint density at radius 3 is 2.79 bits per heavy atom. The van der Waals surface area contributed by atoms with Crippen molar-refractivity contribution >= 4 is 16.8 Å². The van der Waals surface area contributed by atoms with Crippen molar-refractivity contribution in [3.05, 3.63) is 35.6 Å². The second-order valence-electron chi connectivity index (χ2n) is 9.81. The Hall–Kier alpha value is -2.81. The number of aromatic nitrogens is 4. The summed E-state index contributed by atoms with van der Waals surface area (Å²) in [5.41, 5.74) is 1.20. The maximum absolute atomic E-state index is 14.6. The lowest BCUT2D eigenvalue weighted by Crippen LogP contribution is -2.31. The maximum Gasteiger partial charge on any atom is 0.291 e. The summed E-state index contributed by atoms with van der Waals surface area (Å²) < 4.78 is 21.7. The normalized spacial score (nSPS) is 21.7. The number of carbonyl (C=O) groups is 1. The number of fused-ring (bicyclic) bond motifs is 1. The average Bonchev–Trinajstić information content (AvgIpc) is 3.55. The second kappa shape index (κ2) is 8.85. The average molecular weight is 455 g/mol. The van der Waals surface area contributed by atoms with Crippen molar-refractivity contribution in [1.29, 1.82) is 0 Å². The van der Waals surface area contributed by atoms with Crippen molar-refractivity contribution in [2.75, 3.05) is 32.7 Å². The van der Waals surface area contributed by atoms with E-state index in [4.69, 9.17) is 4.52 Å². The molecule has 2 aliphatic heterocycles. The highest BCUT2D eigenvalue weighted by Gasteiger charge is 2.30. The molecule has 0 unspecified atom stereocenters. The molecule has 3 aromatic rings. The van der Waals surface area contributed by atoms with Crippen LogP contribution in [0.1, 0.15) is 51.1 Å². The van der Waals surface area contributed by atoms with E-state index in [2.05, 4.69) is 20.1 Å². The molecule has 0 saturated carbocycles. The number of rotatable bonds is 6. The maximum atomic E-state index is 14.6. The first-order valence-electron chi connectivity index (χ1n) is 11.9. The van der Waals surface area contributed by atoms with Gasteiger partial charge in [0.05, 0.1) is 5.69 Å². The molecule has 2 aromatic heterocycles. The molecule has 33 heavy (non-hydrogen) atoms. The van der Waals surface area contributed by atoms with Crippen molar-refractivity contribution in [2.45, 2.75) is 46.0 Å². The lowest BCUT2D eigenvalue weighted by Gasteiger charge is -2.20. The smallest absolute Gasteiger partial charge is 0.291 e. The quantitative estimate of drug-likeness (QED) is 0.568. The minimum absolute atomic E-state index is 0.147. The van der Waals surface area contributed by atoms with Crippen LogP contribution < -0.4 is 0 Å². The lowest BCUT2D eigenvalue weighted by molar-refractivity contribution is -0.127. The third-order valence-corrected chi connectivity index (χ3v) is 6.96. The van der Waals surface area contributed by atoms with Crippen LogP contribution in [0.5, 0.6) is 0 Å². The molecule has 1 amide bonds. The molecule has 0 spiro atoms. The first-order valence-corrected chi connectivity index (χ1v) is 11.9. The molecule has 176 valence electrons. The predicted octanol–water partition coefficient (Wildman–Crippen LogP) is 3.40. The monoisotopic (exact) mass is 454 g/mol. The highest BCUT2D eigenvalue weighted by atomic mass is 19.1. The molecule has 2 atom stereocenters. The van der Waals surface area contributed by atoms with Crippen LogP contribution in [0, 0.1) is 17.7 Å². The molecule has 0 bridgehead atoms. The van der Waals surface area contributed by atoms with E-state index >= 15 is 0 Å². The van der Waals surface area contributed by atoms with Crippen LogP contribution in [0.25, 0.3) is 16.9 Å². The van der Waals surface area contributed by atoms with Gasteiger partial charge in [0.15, 0.2) is 0 Å². The van der Waals surface area contributed by atoms with Gasteiger partial charge in [-0.15, -0.1) is 0 Å². The van der Waals surface area contributed by atoms with Gasteiger partial charge < -0.3 is 14.3 Å². The number of benzene rings is 1. The van der Waals surface area contributed by atoms with E-state index in [1.165, 1.54) is 10.7 Å². The highest BCUT2D eigenvalue weighted by molar-refractivity contribution is 5.84. The Morgan fingerprint density at radius 2 is 2.03 bits per heavy atom. The number of likely N-dealkylation sites (tertiary alicyclic amines) is 2. The third kappa shape index (κ3) is 4.38. The Labute approximate surface area is 192 Å².